The van der Waals surface area contributed by atoms with Crippen molar-refractivity contribution in [2.24, 2.45) is 0 Å². The molecule has 0 aliphatic heterocycles. The van der Waals surface area contributed by atoms with E-state index in [0.717, 1.165) is 24.0 Å². The Labute approximate surface area is 120 Å². The highest BCUT2D eigenvalue weighted by atomic mass is 32.2. The molecule has 1 N–H and O–H groups in total. The predicted octanol–water partition coefficient (Wildman–Crippen LogP) is 2.26. The summed E-state index contributed by atoms with van der Waals surface area (Å²) in [6.07, 6.45) is 1.21. The lowest BCUT2D eigenvalue weighted by Crippen LogP contribution is -2.32. The molecule has 5 heteroatoms. The van der Waals surface area contributed by atoms with Gasteiger partial charge in [0.05, 0.1) is 16.6 Å². The molecule has 1 atom stereocenters. The first kappa shape index (κ1) is 15.3. The standard InChI is InChI=1S/C15H22O4S/c1-15(2,3)20(17,18)9-8-19-12-5-6-13-11(10-12)4-7-14(13)16/h5-6,10,14,16H,4,7-9H2,1-3H3/t14-/m1/s1. The molecule has 1 aromatic carbocycles. The van der Waals surface area contributed by atoms with E-state index in [2.05, 4.69) is 0 Å². The molecule has 1 aromatic rings. The van der Waals surface area contributed by atoms with Crippen LogP contribution in [0.5, 0.6) is 5.75 Å². The van der Waals surface area contributed by atoms with Crippen molar-refractivity contribution in [3.63, 3.8) is 0 Å². The van der Waals surface area contributed by atoms with E-state index < -0.39 is 14.6 Å². The number of sulfone groups is 1. The van der Waals surface area contributed by atoms with Gasteiger partial charge in [0.25, 0.3) is 0 Å². The van der Waals surface area contributed by atoms with E-state index in [4.69, 9.17) is 4.74 Å². The Morgan fingerprint density at radius 3 is 2.70 bits per heavy atom. The van der Waals surface area contributed by atoms with Gasteiger partial charge in [0, 0.05) is 0 Å². The number of hydrogen-bond donors (Lipinski definition) is 1. The summed E-state index contributed by atoms with van der Waals surface area (Å²) in [6, 6.07) is 5.55. The maximum absolute atomic E-state index is 12.0. The Kier molecular flexibility index (Phi) is 4.12. The third kappa shape index (κ3) is 3.15. The van der Waals surface area contributed by atoms with Crippen molar-refractivity contribution in [1.82, 2.24) is 0 Å². The second-order valence-corrected chi connectivity index (χ2v) is 9.06. The number of aliphatic hydroxyl groups is 1. The molecule has 0 spiro atoms. The summed E-state index contributed by atoms with van der Waals surface area (Å²) in [7, 11) is -3.15. The molecule has 0 radical (unpaired) electrons. The van der Waals surface area contributed by atoms with Gasteiger partial charge in [-0.15, -0.1) is 0 Å². The Balaban J connectivity index is 1.96. The van der Waals surface area contributed by atoms with Gasteiger partial charge in [-0.05, 0) is 56.9 Å². The van der Waals surface area contributed by atoms with E-state index in [-0.39, 0.29) is 18.5 Å². The van der Waals surface area contributed by atoms with Gasteiger partial charge in [-0.1, -0.05) is 6.07 Å². The molecule has 2 rings (SSSR count). The zero-order valence-electron chi connectivity index (χ0n) is 12.2. The smallest absolute Gasteiger partial charge is 0.158 e. The second-order valence-electron chi connectivity index (χ2n) is 6.19. The van der Waals surface area contributed by atoms with E-state index in [1.54, 1.807) is 26.8 Å². The summed E-state index contributed by atoms with van der Waals surface area (Å²) in [5, 5.41) is 9.72. The highest BCUT2D eigenvalue weighted by Crippen LogP contribution is 2.33. The number of fused-ring (bicyclic) bond motifs is 1. The van der Waals surface area contributed by atoms with Gasteiger partial charge in [-0.25, -0.2) is 8.42 Å². The summed E-state index contributed by atoms with van der Waals surface area (Å²) < 4.78 is 28.7. The van der Waals surface area contributed by atoms with Crippen molar-refractivity contribution in [2.75, 3.05) is 12.4 Å². The van der Waals surface area contributed by atoms with Crippen LogP contribution in [0.2, 0.25) is 0 Å². The lowest BCUT2D eigenvalue weighted by molar-refractivity contribution is 0.180. The van der Waals surface area contributed by atoms with Crippen molar-refractivity contribution in [1.29, 1.82) is 0 Å². The average Bonchev–Trinajstić information content (AvgIpc) is 2.69. The third-order valence-electron chi connectivity index (χ3n) is 3.71. The quantitative estimate of drug-likeness (QED) is 0.926. The Hall–Kier alpha value is -1.07. The number of ether oxygens (including phenoxy) is 1. The predicted molar refractivity (Wildman–Crippen MR) is 78.8 cm³/mol. The molecule has 0 unspecified atom stereocenters. The van der Waals surface area contributed by atoms with Crippen LogP contribution >= 0.6 is 0 Å². The van der Waals surface area contributed by atoms with E-state index in [1.807, 2.05) is 12.1 Å². The number of aryl methyl sites for hydroxylation is 1. The molecular weight excluding hydrogens is 276 g/mol. The fourth-order valence-corrected chi connectivity index (χ4v) is 3.15. The summed E-state index contributed by atoms with van der Waals surface area (Å²) in [4.78, 5) is 0. The van der Waals surface area contributed by atoms with Gasteiger partial charge in [0.2, 0.25) is 0 Å². The number of aliphatic hydroxyl groups excluding tert-OH is 1. The zero-order valence-corrected chi connectivity index (χ0v) is 13.0. The monoisotopic (exact) mass is 298 g/mol. The molecule has 0 saturated carbocycles. The summed E-state index contributed by atoms with van der Waals surface area (Å²) in [6.45, 7) is 5.23. The lowest BCUT2D eigenvalue weighted by Gasteiger charge is -2.19. The normalized spacial score (nSPS) is 18.9. The van der Waals surface area contributed by atoms with Crippen LogP contribution < -0.4 is 4.74 Å². The van der Waals surface area contributed by atoms with Crippen LogP contribution in [0.25, 0.3) is 0 Å². The molecule has 4 nitrogen and oxygen atoms in total. The molecule has 20 heavy (non-hydrogen) atoms. The molecule has 0 aromatic heterocycles. The van der Waals surface area contributed by atoms with Gasteiger partial charge >= 0.3 is 0 Å². The number of benzene rings is 1. The molecule has 112 valence electrons. The minimum Gasteiger partial charge on any atom is -0.493 e. The lowest BCUT2D eigenvalue weighted by atomic mass is 10.1. The molecule has 0 saturated heterocycles. The van der Waals surface area contributed by atoms with Gasteiger partial charge in [0.15, 0.2) is 9.84 Å². The number of rotatable bonds is 4. The Bertz CT molecular complexity index is 584. The minimum atomic E-state index is -3.15. The first-order valence-electron chi connectivity index (χ1n) is 6.87. The van der Waals surface area contributed by atoms with Crippen molar-refractivity contribution < 1.29 is 18.3 Å². The van der Waals surface area contributed by atoms with Gasteiger partial charge in [-0.2, -0.15) is 0 Å². The number of hydrogen-bond acceptors (Lipinski definition) is 4. The molecule has 0 amide bonds. The van der Waals surface area contributed by atoms with E-state index in [1.165, 1.54) is 0 Å². The van der Waals surface area contributed by atoms with Gasteiger partial charge < -0.3 is 9.84 Å². The molecule has 0 bridgehead atoms. The van der Waals surface area contributed by atoms with Crippen LogP contribution in [0.15, 0.2) is 18.2 Å². The van der Waals surface area contributed by atoms with Crippen LogP contribution in [-0.2, 0) is 16.3 Å². The maximum atomic E-state index is 12.0. The second kappa shape index (κ2) is 5.37. The van der Waals surface area contributed by atoms with Crippen molar-refractivity contribution >= 4 is 9.84 Å². The SMILES string of the molecule is CC(C)(C)S(=O)(=O)CCOc1ccc2c(c1)CC[C@H]2O. The van der Waals surface area contributed by atoms with Gasteiger partial charge in [-0.3, -0.25) is 0 Å². The highest BCUT2D eigenvalue weighted by molar-refractivity contribution is 7.92. The maximum Gasteiger partial charge on any atom is 0.158 e. The van der Waals surface area contributed by atoms with Crippen molar-refractivity contribution in [3.8, 4) is 5.75 Å². The Morgan fingerprint density at radius 2 is 2.05 bits per heavy atom. The largest absolute Gasteiger partial charge is 0.493 e. The van der Waals surface area contributed by atoms with E-state index >= 15 is 0 Å². The fraction of sp³-hybridized carbons (Fsp3) is 0.600. The summed E-state index contributed by atoms with van der Waals surface area (Å²) >= 11 is 0. The minimum absolute atomic E-state index is 0.0101. The van der Waals surface area contributed by atoms with Crippen LogP contribution in [0.4, 0.5) is 0 Å². The molecule has 0 heterocycles. The summed E-state index contributed by atoms with van der Waals surface area (Å²) in [5.41, 5.74) is 2.05. The van der Waals surface area contributed by atoms with Crippen LogP contribution in [0.3, 0.4) is 0 Å². The zero-order chi connectivity index (χ0) is 15.0. The topological polar surface area (TPSA) is 63.6 Å². The van der Waals surface area contributed by atoms with E-state index in [0.29, 0.717) is 5.75 Å². The molecule has 0 fully saturated rings. The van der Waals surface area contributed by atoms with Crippen molar-refractivity contribution in [3.05, 3.63) is 29.3 Å². The van der Waals surface area contributed by atoms with Crippen molar-refractivity contribution in [2.45, 2.75) is 44.5 Å². The fourth-order valence-electron chi connectivity index (χ4n) is 2.24. The highest BCUT2D eigenvalue weighted by Gasteiger charge is 2.28. The Morgan fingerprint density at radius 1 is 1.35 bits per heavy atom. The average molecular weight is 298 g/mol. The van der Waals surface area contributed by atoms with Crippen LogP contribution in [0, 0.1) is 0 Å². The first-order valence-corrected chi connectivity index (χ1v) is 8.52. The van der Waals surface area contributed by atoms with Crippen LogP contribution in [0.1, 0.15) is 44.4 Å². The van der Waals surface area contributed by atoms with E-state index in [9.17, 15) is 13.5 Å². The first-order chi connectivity index (χ1) is 9.21. The molecular formula is C15H22O4S. The molecule has 1 aliphatic rings. The van der Waals surface area contributed by atoms with Crippen LogP contribution in [-0.4, -0.2) is 30.6 Å². The third-order valence-corrected chi connectivity index (χ3v) is 6.28. The molecule has 1 aliphatic carbocycles. The summed E-state index contributed by atoms with van der Waals surface area (Å²) in [5.74, 6) is 0.679. The van der Waals surface area contributed by atoms with Gasteiger partial charge in [0.1, 0.15) is 12.4 Å².